The standard InChI is InChI=1S/C11H14O5/c1-7(2)11(13)15-6-10(16-8(3)12)4-9-5-14-9/h6,9H,1,4-5H2,2-3H3/b10-6-. The second kappa shape index (κ2) is 5.46. The third-order valence-electron chi connectivity index (χ3n) is 1.75. The van der Waals surface area contributed by atoms with Crippen LogP contribution in [0.25, 0.3) is 0 Å². The van der Waals surface area contributed by atoms with Gasteiger partial charge in [0.2, 0.25) is 0 Å². The van der Waals surface area contributed by atoms with Crippen molar-refractivity contribution in [1.29, 1.82) is 0 Å². The number of hydrogen-bond donors (Lipinski definition) is 0. The minimum Gasteiger partial charge on any atom is -0.428 e. The number of hydrogen-bond acceptors (Lipinski definition) is 5. The molecule has 5 heteroatoms. The molecule has 0 N–H and O–H groups in total. The van der Waals surface area contributed by atoms with Crippen molar-refractivity contribution in [1.82, 2.24) is 0 Å². The Hall–Kier alpha value is -1.62. The molecule has 0 amide bonds. The van der Waals surface area contributed by atoms with E-state index in [2.05, 4.69) is 6.58 Å². The molecule has 1 unspecified atom stereocenters. The van der Waals surface area contributed by atoms with Crippen LogP contribution in [0, 0.1) is 0 Å². The van der Waals surface area contributed by atoms with Crippen molar-refractivity contribution >= 4 is 11.9 Å². The summed E-state index contributed by atoms with van der Waals surface area (Å²) in [6.45, 7) is 6.88. The van der Waals surface area contributed by atoms with Crippen LogP contribution in [0.1, 0.15) is 20.3 Å². The summed E-state index contributed by atoms with van der Waals surface area (Å²) in [6.07, 6.45) is 1.59. The summed E-state index contributed by atoms with van der Waals surface area (Å²) in [6, 6.07) is 0. The van der Waals surface area contributed by atoms with E-state index in [1.54, 1.807) is 0 Å². The second-order valence-corrected chi connectivity index (χ2v) is 3.52. The SMILES string of the molecule is C=C(C)C(=O)O/C=C(/CC1CO1)OC(C)=O. The molecule has 1 atom stereocenters. The van der Waals surface area contributed by atoms with Crippen LogP contribution in [0.5, 0.6) is 0 Å². The zero-order valence-corrected chi connectivity index (χ0v) is 9.32. The first-order valence-corrected chi connectivity index (χ1v) is 4.84. The summed E-state index contributed by atoms with van der Waals surface area (Å²) < 4.78 is 14.6. The van der Waals surface area contributed by atoms with E-state index < -0.39 is 11.9 Å². The maximum atomic E-state index is 11.1. The predicted molar refractivity (Wildman–Crippen MR) is 55.1 cm³/mol. The molecule has 88 valence electrons. The summed E-state index contributed by atoms with van der Waals surface area (Å²) in [4.78, 5) is 21.9. The van der Waals surface area contributed by atoms with Crippen LogP contribution < -0.4 is 0 Å². The number of carbonyl (C=O) groups is 2. The number of ether oxygens (including phenoxy) is 3. The van der Waals surface area contributed by atoms with E-state index in [4.69, 9.17) is 14.2 Å². The van der Waals surface area contributed by atoms with Gasteiger partial charge in [0.25, 0.3) is 0 Å². The van der Waals surface area contributed by atoms with Crippen molar-refractivity contribution in [3.63, 3.8) is 0 Å². The van der Waals surface area contributed by atoms with E-state index in [1.165, 1.54) is 13.8 Å². The molecule has 0 aliphatic carbocycles. The van der Waals surface area contributed by atoms with Crippen molar-refractivity contribution in [2.45, 2.75) is 26.4 Å². The number of carbonyl (C=O) groups excluding carboxylic acids is 2. The van der Waals surface area contributed by atoms with E-state index in [9.17, 15) is 9.59 Å². The van der Waals surface area contributed by atoms with Crippen molar-refractivity contribution in [2.75, 3.05) is 6.61 Å². The minimum absolute atomic E-state index is 0.0501. The lowest BCUT2D eigenvalue weighted by atomic mass is 10.3. The van der Waals surface area contributed by atoms with Crippen LogP contribution in [0.4, 0.5) is 0 Å². The van der Waals surface area contributed by atoms with Crippen molar-refractivity contribution in [3.8, 4) is 0 Å². The molecule has 0 aromatic carbocycles. The highest BCUT2D eigenvalue weighted by Gasteiger charge is 2.25. The highest BCUT2D eigenvalue weighted by atomic mass is 16.6. The van der Waals surface area contributed by atoms with Gasteiger partial charge in [0.1, 0.15) is 12.0 Å². The molecule has 1 fully saturated rings. The molecule has 1 aliphatic rings. The quantitative estimate of drug-likeness (QED) is 0.306. The van der Waals surface area contributed by atoms with Gasteiger partial charge in [-0.25, -0.2) is 4.79 Å². The molecular weight excluding hydrogens is 212 g/mol. The number of esters is 2. The first-order chi connectivity index (χ1) is 7.49. The first-order valence-electron chi connectivity index (χ1n) is 4.84. The van der Waals surface area contributed by atoms with Crippen molar-refractivity contribution in [2.24, 2.45) is 0 Å². The van der Waals surface area contributed by atoms with Crippen LogP contribution in [0.3, 0.4) is 0 Å². The Balaban J connectivity index is 2.51. The average molecular weight is 226 g/mol. The molecule has 0 aromatic rings. The molecule has 16 heavy (non-hydrogen) atoms. The maximum Gasteiger partial charge on any atom is 0.338 e. The summed E-state index contributed by atoms with van der Waals surface area (Å²) in [5.41, 5.74) is 0.279. The predicted octanol–water partition coefficient (Wildman–Crippen LogP) is 1.30. The van der Waals surface area contributed by atoms with Gasteiger partial charge in [-0.3, -0.25) is 4.79 Å². The Labute approximate surface area is 93.7 Å². The molecule has 5 nitrogen and oxygen atoms in total. The van der Waals surface area contributed by atoms with Crippen LogP contribution in [0.15, 0.2) is 24.2 Å². The van der Waals surface area contributed by atoms with E-state index >= 15 is 0 Å². The summed E-state index contributed by atoms with van der Waals surface area (Å²) in [5.74, 6) is -0.732. The largest absolute Gasteiger partial charge is 0.428 e. The Morgan fingerprint density at radius 3 is 2.56 bits per heavy atom. The summed E-state index contributed by atoms with van der Waals surface area (Å²) in [7, 11) is 0. The van der Waals surface area contributed by atoms with Gasteiger partial charge in [-0.05, 0) is 6.92 Å². The second-order valence-electron chi connectivity index (χ2n) is 3.52. The van der Waals surface area contributed by atoms with Gasteiger partial charge in [0, 0.05) is 18.9 Å². The zero-order chi connectivity index (χ0) is 12.1. The summed E-state index contributed by atoms with van der Waals surface area (Å²) >= 11 is 0. The van der Waals surface area contributed by atoms with Crippen molar-refractivity contribution in [3.05, 3.63) is 24.2 Å². The van der Waals surface area contributed by atoms with Crippen molar-refractivity contribution < 1.29 is 23.8 Å². The molecule has 0 aromatic heterocycles. The molecule has 1 heterocycles. The average Bonchev–Trinajstić information content (AvgIpc) is 2.96. The normalized spacial score (nSPS) is 18.9. The number of rotatable bonds is 5. The lowest BCUT2D eigenvalue weighted by Crippen LogP contribution is -2.05. The third kappa shape index (κ3) is 4.75. The van der Waals surface area contributed by atoms with Gasteiger partial charge in [0.05, 0.1) is 12.7 Å². The van der Waals surface area contributed by atoms with E-state index in [0.717, 1.165) is 6.26 Å². The zero-order valence-electron chi connectivity index (χ0n) is 9.32. The fourth-order valence-electron chi connectivity index (χ4n) is 0.929. The smallest absolute Gasteiger partial charge is 0.338 e. The van der Waals surface area contributed by atoms with Gasteiger partial charge in [-0.2, -0.15) is 0 Å². The first kappa shape index (κ1) is 12.4. The van der Waals surface area contributed by atoms with Crippen LogP contribution in [0.2, 0.25) is 0 Å². The fraction of sp³-hybridized carbons (Fsp3) is 0.455. The molecule has 0 bridgehead atoms. The van der Waals surface area contributed by atoms with Crippen LogP contribution >= 0.6 is 0 Å². The van der Waals surface area contributed by atoms with Gasteiger partial charge in [-0.15, -0.1) is 0 Å². The minimum atomic E-state index is -0.554. The fourth-order valence-corrected chi connectivity index (χ4v) is 0.929. The van der Waals surface area contributed by atoms with Gasteiger partial charge in [0.15, 0.2) is 0 Å². The Morgan fingerprint density at radius 1 is 1.50 bits per heavy atom. The monoisotopic (exact) mass is 226 g/mol. The van der Waals surface area contributed by atoms with Crippen LogP contribution in [-0.2, 0) is 23.8 Å². The van der Waals surface area contributed by atoms with Gasteiger partial charge < -0.3 is 14.2 Å². The summed E-state index contributed by atoms with van der Waals surface area (Å²) in [5, 5.41) is 0. The molecular formula is C11H14O5. The molecule has 0 saturated carbocycles. The van der Waals surface area contributed by atoms with E-state index in [1.807, 2.05) is 0 Å². The van der Waals surface area contributed by atoms with Crippen LogP contribution in [-0.4, -0.2) is 24.6 Å². The van der Waals surface area contributed by atoms with Gasteiger partial charge in [-0.1, -0.05) is 6.58 Å². The lowest BCUT2D eigenvalue weighted by Gasteiger charge is -2.05. The Kier molecular flexibility index (Phi) is 4.25. The lowest BCUT2D eigenvalue weighted by molar-refractivity contribution is -0.139. The Bertz CT molecular complexity index is 338. The molecule has 1 rings (SSSR count). The highest BCUT2D eigenvalue weighted by Crippen LogP contribution is 2.20. The molecule has 1 saturated heterocycles. The van der Waals surface area contributed by atoms with E-state index in [-0.39, 0.29) is 17.4 Å². The van der Waals surface area contributed by atoms with E-state index in [0.29, 0.717) is 13.0 Å². The highest BCUT2D eigenvalue weighted by molar-refractivity contribution is 5.87. The maximum absolute atomic E-state index is 11.1. The molecule has 0 radical (unpaired) electrons. The number of epoxide rings is 1. The topological polar surface area (TPSA) is 65.1 Å². The molecule has 0 spiro atoms. The van der Waals surface area contributed by atoms with Gasteiger partial charge >= 0.3 is 11.9 Å². The third-order valence-corrected chi connectivity index (χ3v) is 1.75. The molecule has 1 aliphatic heterocycles. The Morgan fingerprint density at radius 2 is 2.12 bits per heavy atom.